The number of nitrogens with one attached hydrogen (secondary N) is 1. The van der Waals surface area contributed by atoms with E-state index in [4.69, 9.17) is 0 Å². The van der Waals surface area contributed by atoms with Gasteiger partial charge in [0.15, 0.2) is 0 Å². The Kier molecular flexibility index (Phi) is 5.67. The van der Waals surface area contributed by atoms with Crippen molar-refractivity contribution in [2.45, 2.75) is 33.1 Å². The van der Waals surface area contributed by atoms with Crippen molar-refractivity contribution in [1.29, 1.82) is 0 Å². The first-order valence-electron chi connectivity index (χ1n) is 6.16. The zero-order valence-electron chi connectivity index (χ0n) is 10.5. The third-order valence-electron chi connectivity index (χ3n) is 3.02. The number of rotatable bonds is 6. The number of amides is 1. The molecule has 0 aliphatic rings. The molecule has 0 aliphatic heterocycles. The Morgan fingerprint density at radius 2 is 1.82 bits per heavy atom. The molecule has 3 heteroatoms. The molecular formula is C14H20FNO. The highest BCUT2D eigenvalue weighted by Crippen LogP contribution is 2.06. The molecule has 94 valence electrons. The zero-order chi connectivity index (χ0) is 12.7. The van der Waals surface area contributed by atoms with Gasteiger partial charge in [-0.15, -0.1) is 0 Å². The highest BCUT2D eigenvalue weighted by molar-refractivity contribution is 5.78. The lowest BCUT2D eigenvalue weighted by Crippen LogP contribution is -2.30. The van der Waals surface area contributed by atoms with Crippen molar-refractivity contribution in [3.8, 4) is 0 Å². The minimum absolute atomic E-state index is 0.00325. The average molecular weight is 237 g/mol. The van der Waals surface area contributed by atoms with Gasteiger partial charge in [-0.05, 0) is 23.6 Å². The Bertz CT molecular complexity index is 344. The van der Waals surface area contributed by atoms with Crippen LogP contribution in [0.1, 0.15) is 32.3 Å². The van der Waals surface area contributed by atoms with E-state index in [1.165, 1.54) is 12.1 Å². The van der Waals surface area contributed by atoms with E-state index in [-0.39, 0.29) is 11.7 Å². The van der Waals surface area contributed by atoms with E-state index in [9.17, 15) is 9.18 Å². The van der Waals surface area contributed by atoms with Crippen LogP contribution in [0, 0.1) is 11.7 Å². The summed E-state index contributed by atoms with van der Waals surface area (Å²) in [6.45, 7) is 4.98. The predicted octanol–water partition coefficient (Wildman–Crippen LogP) is 2.92. The third-order valence-corrected chi connectivity index (χ3v) is 3.02. The maximum atomic E-state index is 12.7. The zero-order valence-corrected chi connectivity index (χ0v) is 10.5. The summed E-state index contributed by atoms with van der Waals surface area (Å²) < 4.78 is 12.7. The summed E-state index contributed by atoms with van der Waals surface area (Å²) in [4.78, 5) is 11.6. The van der Waals surface area contributed by atoms with Crippen LogP contribution in [0.3, 0.4) is 0 Å². The van der Waals surface area contributed by atoms with Crippen LogP contribution in [0.4, 0.5) is 4.39 Å². The molecule has 0 aromatic heterocycles. The Hall–Kier alpha value is -1.38. The molecule has 1 rings (SSSR count). The number of benzene rings is 1. The molecule has 0 fully saturated rings. The predicted molar refractivity (Wildman–Crippen MR) is 67.2 cm³/mol. The quantitative estimate of drug-likeness (QED) is 0.809. The minimum Gasteiger partial charge on any atom is -0.356 e. The molecule has 1 aromatic rings. The minimum atomic E-state index is -0.272. The molecule has 0 atom stereocenters. The van der Waals surface area contributed by atoms with Crippen LogP contribution in [-0.4, -0.2) is 12.5 Å². The van der Waals surface area contributed by atoms with E-state index in [0.717, 1.165) is 24.9 Å². The highest BCUT2D eigenvalue weighted by atomic mass is 19.1. The fraction of sp³-hybridized carbons (Fsp3) is 0.500. The Balaban J connectivity index is 2.37. The van der Waals surface area contributed by atoms with Gasteiger partial charge in [0, 0.05) is 6.54 Å². The topological polar surface area (TPSA) is 29.1 Å². The molecule has 0 spiro atoms. The second-order valence-electron chi connectivity index (χ2n) is 4.29. The molecule has 0 unspecified atom stereocenters. The summed E-state index contributed by atoms with van der Waals surface area (Å²) in [6, 6.07) is 6.05. The first-order chi connectivity index (χ1) is 8.15. The smallest absolute Gasteiger partial charge is 0.224 e. The van der Waals surface area contributed by atoms with Gasteiger partial charge in [-0.1, -0.05) is 38.8 Å². The molecule has 0 saturated heterocycles. The lowest BCUT2D eigenvalue weighted by atomic mass is 10.0. The van der Waals surface area contributed by atoms with Gasteiger partial charge in [-0.2, -0.15) is 0 Å². The first kappa shape index (κ1) is 13.7. The van der Waals surface area contributed by atoms with Crippen LogP contribution in [-0.2, 0) is 11.2 Å². The van der Waals surface area contributed by atoms with Gasteiger partial charge in [0.25, 0.3) is 0 Å². The van der Waals surface area contributed by atoms with Crippen LogP contribution in [0.5, 0.6) is 0 Å². The molecule has 1 N–H and O–H groups in total. The highest BCUT2D eigenvalue weighted by Gasteiger charge is 2.07. The number of hydrogen-bond acceptors (Lipinski definition) is 1. The number of carbonyl (C=O) groups excluding carboxylic acids is 1. The lowest BCUT2D eigenvalue weighted by molar-refractivity contribution is -0.120. The standard InChI is InChI=1S/C14H20FNO/c1-3-11(4-2)10-16-14(17)9-12-5-7-13(15)8-6-12/h5-8,11H,3-4,9-10H2,1-2H3,(H,16,17). The second-order valence-corrected chi connectivity index (χ2v) is 4.29. The van der Waals surface area contributed by atoms with E-state index in [2.05, 4.69) is 19.2 Å². The van der Waals surface area contributed by atoms with Crippen molar-refractivity contribution < 1.29 is 9.18 Å². The van der Waals surface area contributed by atoms with Gasteiger partial charge >= 0.3 is 0 Å². The molecule has 0 radical (unpaired) electrons. The molecule has 1 aromatic carbocycles. The van der Waals surface area contributed by atoms with Crippen molar-refractivity contribution in [1.82, 2.24) is 5.32 Å². The van der Waals surface area contributed by atoms with Crippen molar-refractivity contribution in [3.05, 3.63) is 35.6 Å². The summed E-state index contributed by atoms with van der Waals surface area (Å²) in [7, 11) is 0. The van der Waals surface area contributed by atoms with Gasteiger partial charge in [0.05, 0.1) is 6.42 Å². The van der Waals surface area contributed by atoms with E-state index < -0.39 is 0 Å². The van der Waals surface area contributed by atoms with Gasteiger partial charge in [0.1, 0.15) is 5.82 Å². The maximum absolute atomic E-state index is 12.7. The number of halogens is 1. The van der Waals surface area contributed by atoms with E-state index >= 15 is 0 Å². The van der Waals surface area contributed by atoms with Crippen molar-refractivity contribution in [2.75, 3.05) is 6.54 Å². The molecule has 0 bridgehead atoms. The first-order valence-corrected chi connectivity index (χ1v) is 6.16. The van der Waals surface area contributed by atoms with Gasteiger partial charge in [0.2, 0.25) is 5.91 Å². The van der Waals surface area contributed by atoms with E-state index in [1.54, 1.807) is 12.1 Å². The summed E-state index contributed by atoms with van der Waals surface area (Å²) in [5.74, 6) is 0.280. The van der Waals surface area contributed by atoms with Crippen LogP contribution in [0.2, 0.25) is 0 Å². The van der Waals surface area contributed by atoms with E-state index in [0.29, 0.717) is 12.3 Å². The molecule has 1 amide bonds. The van der Waals surface area contributed by atoms with Crippen molar-refractivity contribution >= 4 is 5.91 Å². The SMILES string of the molecule is CCC(CC)CNC(=O)Cc1ccc(F)cc1. The lowest BCUT2D eigenvalue weighted by Gasteiger charge is -2.13. The number of hydrogen-bond donors (Lipinski definition) is 1. The maximum Gasteiger partial charge on any atom is 0.224 e. The monoisotopic (exact) mass is 237 g/mol. The largest absolute Gasteiger partial charge is 0.356 e. The molecule has 17 heavy (non-hydrogen) atoms. The molecular weight excluding hydrogens is 217 g/mol. The Labute approximate surface area is 102 Å². The fourth-order valence-electron chi connectivity index (χ4n) is 1.69. The summed E-state index contributed by atoms with van der Waals surface area (Å²) in [5.41, 5.74) is 0.841. The van der Waals surface area contributed by atoms with Crippen LogP contribution in [0.25, 0.3) is 0 Å². The number of carbonyl (C=O) groups is 1. The Morgan fingerprint density at radius 1 is 1.24 bits per heavy atom. The summed E-state index contributed by atoms with van der Waals surface area (Å²) >= 11 is 0. The van der Waals surface area contributed by atoms with Crippen molar-refractivity contribution in [2.24, 2.45) is 5.92 Å². The molecule has 0 aliphatic carbocycles. The van der Waals surface area contributed by atoms with Crippen molar-refractivity contribution in [3.63, 3.8) is 0 Å². The second kappa shape index (κ2) is 7.05. The van der Waals surface area contributed by atoms with Gasteiger partial charge in [-0.25, -0.2) is 4.39 Å². The third kappa shape index (κ3) is 4.98. The van der Waals surface area contributed by atoms with Crippen LogP contribution in [0.15, 0.2) is 24.3 Å². The summed E-state index contributed by atoms with van der Waals surface area (Å²) in [6.07, 6.45) is 2.47. The van der Waals surface area contributed by atoms with Gasteiger partial charge in [-0.3, -0.25) is 4.79 Å². The molecule has 2 nitrogen and oxygen atoms in total. The van der Waals surface area contributed by atoms with Gasteiger partial charge < -0.3 is 5.32 Å². The summed E-state index contributed by atoms with van der Waals surface area (Å²) in [5, 5.41) is 2.92. The normalized spacial score (nSPS) is 10.6. The fourth-order valence-corrected chi connectivity index (χ4v) is 1.69. The molecule has 0 heterocycles. The van der Waals surface area contributed by atoms with E-state index in [1.807, 2.05) is 0 Å². The molecule has 0 saturated carbocycles. The van der Waals surface area contributed by atoms with Crippen LogP contribution >= 0.6 is 0 Å². The van der Waals surface area contributed by atoms with Crippen LogP contribution < -0.4 is 5.32 Å². The Morgan fingerprint density at radius 3 is 2.35 bits per heavy atom. The average Bonchev–Trinajstić information content (AvgIpc) is 2.33.